The molecule has 0 atom stereocenters. The van der Waals surface area contributed by atoms with Crippen LogP contribution in [-0.4, -0.2) is 17.3 Å². The van der Waals surface area contributed by atoms with Gasteiger partial charge in [0, 0.05) is 12.7 Å². The number of nitrogens with zero attached hydrogens (tertiary/aromatic N) is 3. The molecule has 0 aliphatic carbocycles. The van der Waals surface area contributed by atoms with Crippen molar-refractivity contribution in [3.8, 4) is 17.5 Å². The third-order valence-electron chi connectivity index (χ3n) is 2.26. The van der Waals surface area contributed by atoms with E-state index in [4.69, 9.17) is 14.5 Å². The number of hydrogen-bond acceptors (Lipinski definition) is 5. The summed E-state index contributed by atoms with van der Waals surface area (Å²) >= 11 is 0. The number of ether oxygens (including phenoxy) is 1. The van der Waals surface area contributed by atoms with Gasteiger partial charge >= 0.3 is 0 Å². The monoisotopic (exact) mass is 229 g/mol. The van der Waals surface area contributed by atoms with E-state index in [0.29, 0.717) is 24.7 Å². The second-order valence-electron chi connectivity index (χ2n) is 3.44. The second-order valence-corrected chi connectivity index (χ2v) is 3.44. The van der Waals surface area contributed by atoms with Gasteiger partial charge in [0.15, 0.2) is 5.82 Å². The van der Waals surface area contributed by atoms with Gasteiger partial charge in [-0.05, 0) is 11.6 Å². The average Bonchev–Trinajstić information content (AvgIpc) is 2.79. The lowest BCUT2D eigenvalue weighted by Crippen LogP contribution is -1.91. The van der Waals surface area contributed by atoms with Crippen molar-refractivity contribution in [3.63, 3.8) is 0 Å². The molecule has 17 heavy (non-hydrogen) atoms. The fourth-order valence-corrected chi connectivity index (χ4v) is 1.52. The maximum absolute atomic E-state index is 8.74. The highest BCUT2D eigenvalue weighted by Gasteiger charge is 2.11. The smallest absolute Gasteiger partial charge is 0.258 e. The number of rotatable bonds is 4. The zero-order chi connectivity index (χ0) is 12.1. The Morgan fingerprint density at radius 2 is 2.24 bits per heavy atom. The van der Waals surface area contributed by atoms with E-state index in [0.717, 1.165) is 11.1 Å². The topological polar surface area (TPSA) is 71.9 Å². The van der Waals surface area contributed by atoms with Crippen molar-refractivity contribution in [1.29, 1.82) is 5.26 Å². The molecule has 0 amide bonds. The normalized spacial score (nSPS) is 10.1. The Hall–Kier alpha value is -2.19. The maximum Gasteiger partial charge on any atom is 0.258 e. The minimum atomic E-state index is 0.309. The highest BCUT2D eigenvalue weighted by molar-refractivity contribution is 5.58. The van der Waals surface area contributed by atoms with Gasteiger partial charge in [-0.15, -0.1) is 0 Å². The molecule has 0 fully saturated rings. The summed E-state index contributed by atoms with van der Waals surface area (Å²) in [6, 6.07) is 9.59. The summed E-state index contributed by atoms with van der Waals surface area (Å²) in [4.78, 5) is 4.20. The van der Waals surface area contributed by atoms with Crippen molar-refractivity contribution in [2.24, 2.45) is 0 Å². The van der Waals surface area contributed by atoms with Gasteiger partial charge in [-0.2, -0.15) is 10.2 Å². The van der Waals surface area contributed by atoms with Crippen LogP contribution in [0.15, 0.2) is 28.8 Å². The molecule has 2 rings (SSSR count). The summed E-state index contributed by atoms with van der Waals surface area (Å²) in [5.41, 5.74) is 1.67. The average molecular weight is 229 g/mol. The Bertz CT molecular complexity index is 543. The van der Waals surface area contributed by atoms with Crippen LogP contribution in [0.3, 0.4) is 0 Å². The first-order valence-electron chi connectivity index (χ1n) is 5.12. The largest absolute Gasteiger partial charge is 0.377 e. The van der Waals surface area contributed by atoms with E-state index < -0.39 is 0 Å². The van der Waals surface area contributed by atoms with Crippen molar-refractivity contribution in [2.75, 3.05) is 7.11 Å². The summed E-state index contributed by atoms with van der Waals surface area (Å²) in [6.45, 7) is 0.309. The zero-order valence-corrected chi connectivity index (χ0v) is 9.38. The molecule has 0 aliphatic rings. The third-order valence-corrected chi connectivity index (χ3v) is 2.26. The molecule has 1 aromatic carbocycles. The van der Waals surface area contributed by atoms with Crippen LogP contribution in [-0.2, 0) is 17.8 Å². The van der Waals surface area contributed by atoms with Crippen LogP contribution in [0.5, 0.6) is 0 Å². The number of benzene rings is 1. The molecule has 0 aliphatic heterocycles. The van der Waals surface area contributed by atoms with E-state index in [1.165, 1.54) is 0 Å². The van der Waals surface area contributed by atoms with Gasteiger partial charge in [-0.1, -0.05) is 23.4 Å². The Morgan fingerprint density at radius 3 is 3.00 bits per heavy atom. The quantitative estimate of drug-likeness (QED) is 0.801. The standard InChI is InChI=1S/C12H11N3O2/c1-16-8-11-14-12(17-15-11)10-5-3-2-4-9(10)6-7-13/h2-5H,6,8H2,1H3. The summed E-state index contributed by atoms with van der Waals surface area (Å²) in [5, 5.41) is 12.5. The van der Waals surface area contributed by atoms with Crippen LogP contribution in [0.2, 0.25) is 0 Å². The van der Waals surface area contributed by atoms with E-state index in [2.05, 4.69) is 16.2 Å². The van der Waals surface area contributed by atoms with Crippen molar-refractivity contribution in [3.05, 3.63) is 35.7 Å². The molecule has 0 radical (unpaired) electrons. The van der Waals surface area contributed by atoms with E-state index >= 15 is 0 Å². The van der Waals surface area contributed by atoms with Crippen molar-refractivity contribution < 1.29 is 9.26 Å². The predicted molar refractivity (Wildman–Crippen MR) is 59.8 cm³/mol. The van der Waals surface area contributed by atoms with Crippen LogP contribution in [0, 0.1) is 11.3 Å². The molecule has 0 saturated carbocycles. The van der Waals surface area contributed by atoms with Gasteiger partial charge in [-0.3, -0.25) is 0 Å². The summed E-state index contributed by atoms with van der Waals surface area (Å²) in [6.07, 6.45) is 0.318. The maximum atomic E-state index is 8.74. The molecular weight excluding hydrogens is 218 g/mol. The van der Waals surface area contributed by atoms with Crippen LogP contribution in [0.4, 0.5) is 0 Å². The number of nitriles is 1. The lowest BCUT2D eigenvalue weighted by atomic mass is 10.1. The Kier molecular flexibility index (Phi) is 3.48. The van der Waals surface area contributed by atoms with Crippen LogP contribution in [0.25, 0.3) is 11.5 Å². The molecule has 5 nitrogen and oxygen atoms in total. The first-order chi connectivity index (χ1) is 8.35. The number of hydrogen-bond donors (Lipinski definition) is 0. The lowest BCUT2D eigenvalue weighted by molar-refractivity contribution is 0.174. The van der Waals surface area contributed by atoms with E-state index in [1.807, 2.05) is 24.3 Å². The SMILES string of the molecule is COCc1noc(-c2ccccc2CC#N)n1. The highest BCUT2D eigenvalue weighted by atomic mass is 16.5. The van der Waals surface area contributed by atoms with Crippen molar-refractivity contribution in [2.45, 2.75) is 13.0 Å². The summed E-state index contributed by atoms with van der Waals surface area (Å²) in [7, 11) is 1.57. The van der Waals surface area contributed by atoms with Crippen LogP contribution in [0.1, 0.15) is 11.4 Å². The molecule has 5 heteroatoms. The lowest BCUT2D eigenvalue weighted by Gasteiger charge is -2.00. The molecule has 0 saturated heterocycles. The van der Waals surface area contributed by atoms with Gasteiger partial charge in [-0.25, -0.2) is 0 Å². The Morgan fingerprint density at radius 1 is 1.41 bits per heavy atom. The van der Waals surface area contributed by atoms with E-state index in [1.54, 1.807) is 7.11 Å². The highest BCUT2D eigenvalue weighted by Crippen LogP contribution is 2.22. The van der Waals surface area contributed by atoms with Gasteiger partial charge in [0.25, 0.3) is 5.89 Å². The van der Waals surface area contributed by atoms with Crippen LogP contribution >= 0.6 is 0 Å². The number of methoxy groups -OCH3 is 1. The summed E-state index contributed by atoms with van der Waals surface area (Å²) < 4.78 is 10.1. The summed E-state index contributed by atoms with van der Waals surface area (Å²) in [5.74, 6) is 0.914. The molecule has 86 valence electrons. The van der Waals surface area contributed by atoms with Gasteiger partial charge in [0.05, 0.1) is 12.5 Å². The minimum Gasteiger partial charge on any atom is -0.377 e. The second kappa shape index (κ2) is 5.23. The zero-order valence-electron chi connectivity index (χ0n) is 9.38. The number of aromatic nitrogens is 2. The fraction of sp³-hybridized carbons (Fsp3) is 0.250. The van der Waals surface area contributed by atoms with E-state index in [9.17, 15) is 0 Å². The minimum absolute atomic E-state index is 0.309. The Labute approximate surface area is 98.6 Å². The molecule has 0 N–H and O–H groups in total. The van der Waals surface area contributed by atoms with Gasteiger partial charge in [0.1, 0.15) is 6.61 Å². The van der Waals surface area contributed by atoms with E-state index in [-0.39, 0.29) is 0 Å². The Balaban J connectivity index is 2.35. The molecule has 0 spiro atoms. The molecule has 2 aromatic rings. The van der Waals surface area contributed by atoms with Gasteiger partial charge < -0.3 is 9.26 Å². The molecular formula is C12H11N3O2. The first-order valence-corrected chi connectivity index (χ1v) is 5.12. The first kappa shape index (κ1) is 11.3. The third kappa shape index (κ3) is 2.49. The molecule has 1 heterocycles. The van der Waals surface area contributed by atoms with Gasteiger partial charge in [0.2, 0.25) is 0 Å². The molecule has 0 unspecified atom stereocenters. The van der Waals surface area contributed by atoms with Crippen molar-refractivity contribution in [1.82, 2.24) is 10.1 Å². The van der Waals surface area contributed by atoms with Crippen LogP contribution < -0.4 is 0 Å². The van der Waals surface area contributed by atoms with Crippen molar-refractivity contribution >= 4 is 0 Å². The molecule has 0 bridgehead atoms. The predicted octanol–water partition coefficient (Wildman–Crippen LogP) is 1.95. The fourth-order valence-electron chi connectivity index (χ4n) is 1.52. The molecule has 1 aromatic heterocycles.